The lowest BCUT2D eigenvalue weighted by Crippen LogP contribution is -2.23. The Morgan fingerprint density at radius 1 is 0.480 bits per heavy atom. The number of aromatic nitrogens is 4. The van der Waals surface area contributed by atoms with Gasteiger partial charge >= 0.3 is 0 Å². The van der Waals surface area contributed by atoms with Gasteiger partial charge in [-0.15, -0.1) is 0 Å². The maximum Gasteiger partial charge on any atom is 0.0998 e. The number of benzene rings is 3. The predicted octanol–water partition coefficient (Wildman–Crippen LogP) is 8.36. The molecule has 0 bridgehead atoms. The number of pyridine rings is 4. The Morgan fingerprint density at radius 3 is 1.52 bits per heavy atom. The maximum absolute atomic E-state index is 10.2. The first-order valence-corrected chi connectivity index (χ1v) is 16.8. The van der Waals surface area contributed by atoms with Gasteiger partial charge < -0.3 is 0 Å². The summed E-state index contributed by atoms with van der Waals surface area (Å²) in [5.74, 6) is 0. The summed E-state index contributed by atoms with van der Waals surface area (Å²) in [6.07, 6.45) is 7.35. The third-order valence-corrected chi connectivity index (χ3v) is 8.74. The lowest BCUT2D eigenvalue weighted by Gasteiger charge is -2.23. The van der Waals surface area contributed by atoms with Crippen molar-refractivity contribution in [2.24, 2.45) is 0 Å². The van der Waals surface area contributed by atoms with Crippen molar-refractivity contribution in [3.63, 3.8) is 0 Å². The van der Waals surface area contributed by atoms with E-state index >= 15 is 0 Å². The van der Waals surface area contributed by atoms with Crippen LogP contribution in [0.5, 0.6) is 0 Å². The highest BCUT2D eigenvalue weighted by atomic mass is 15.1. The molecular weight excluding hydrogens is 615 g/mol. The van der Waals surface area contributed by atoms with Crippen LogP contribution in [0.1, 0.15) is 39.5 Å². The van der Waals surface area contributed by atoms with Crippen molar-refractivity contribution in [2.45, 2.75) is 39.3 Å². The molecular formula is C43H37N7. The van der Waals surface area contributed by atoms with Crippen LogP contribution in [0.3, 0.4) is 0 Å². The molecule has 50 heavy (non-hydrogen) atoms. The van der Waals surface area contributed by atoms with Crippen molar-refractivity contribution in [2.75, 3.05) is 0 Å². The number of hydrogen-bond acceptors (Lipinski definition) is 7. The molecule has 0 spiro atoms. The third kappa shape index (κ3) is 8.31. The Hall–Kier alpha value is -6.07. The summed E-state index contributed by atoms with van der Waals surface area (Å²) in [6.45, 7) is 4.15. The second-order valence-electron chi connectivity index (χ2n) is 12.4. The van der Waals surface area contributed by atoms with Crippen LogP contribution < -0.4 is 0 Å². The van der Waals surface area contributed by atoms with Crippen LogP contribution in [0.25, 0.3) is 21.9 Å². The zero-order valence-corrected chi connectivity index (χ0v) is 27.8. The van der Waals surface area contributed by atoms with E-state index in [0.717, 1.165) is 51.4 Å². The number of nitriles is 1. The molecule has 0 saturated heterocycles. The molecule has 0 atom stereocenters. The second kappa shape index (κ2) is 15.9. The van der Waals surface area contributed by atoms with E-state index in [1.54, 1.807) is 0 Å². The highest BCUT2D eigenvalue weighted by Gasteiger charge is 2.15. The van der Waals surface area contributed by atoms with Crippen LogP contribution in [0.2, 0.25) is 0 Å². The number of rotatable bonds is 13. The van der Waals surface area contributed by atoms with Crippen LogP contribution in [0.15, 0.2) is 152 Å². The van der Waals surface area contributed by atoms with Gasteiger partial charge in [0.15, 0.2) is 0 Å². The molecule has 0 amide bonds. The van der Waals surface area contributed by atoms with Crippen molar-refractivity contribution in [3.8, 4) is 17.2 Å². The largest absolute Gasteiger partial charge is 0.287 e. The first-order valence-electron chi connectivity index (χ1n) is 16.8. The molecule has 4 heterocycles. The molecule has 0 aliphatic heterocycles. The smallest absolute Gasteiger partial charge is 0.0998 e. The van der Waals surface area contributed by atoms with Crippen LogP contribution in [-0.4, -0.2) is 29.7 Å². The molecule has 0 unspecified atom stereocenters. The summed E-state index contributed by atoms with van der Waals surface area (Å²) in [4.78, 5) is 23.1. The summed E-state index contributed by atoms with van der Waals surface area (Å²) in [6, 6.07) is 45.7. The van der Waals surface area contributed by atoms with Gasteiger partial charge in [0.1, 0.15) is 0 Å². The molecule has 7 aromatic rings. The zero-order chi connectivity index (χ0) is 34.0. The van der Waals surface area contributed by atoms with E-state index in [4.69, 9.17) is 0 Å². The van der Waals surface area contributed by atoms with E-state index in [-0.39, 0.29) is 0 Å². The SMILES string of the molecule is N#Cc1ccc(CN(Cc2ccccn2)Cc2ccccn2)cc1-c1ccc2cccc(CN(Cc3ccccn3)Cc3ccccn3)c2c1. The summed E-state index contributed by atoms with van der Waals surface area (Å²) in [5, 5.41) is 12.5. The minimum atomic E-state index is 0.651. The minimum absolute atomic E-state index is 0.651. The summed E-state index contributed by atoms with van der Waals surface area (Å²) >= 11 is 0. The first-order chi connectivity index (χ1) is 24.7. The van der Waals surface area contributed by atoms with Crippen LogP contribution in [-0.2, 0) is 39.3 Å². The second-order valence-corrected chi connectivity index (χ2v) is 12.4. The van der Waals surface area contributed by atoms with Crippen LogP contribution >= 0.6 is 0 Å². The standard InChI is InChI=1S/C43H37N7/c44-26-36-17-16-33(27-49(29-38-12-1-5-20-45-38)30-39-13-2-6-21-46-39)24-42(36)35-19-18-34-10-9-11-37(43(34)25-35)28-50(31-40-14-3-7-22-47-40)32-41-15-4-8-23-48-41/h1-25H,27-32H2. The van der Waals surface area contributed by atoms with Crippen LogP contribution in [0.4, 0.5) is 0 Å². The number of nitrogens with zero attached hydrogens (tertiary/aromatic N) is 7. The average Bonchev–Trinajstić information content (AvgIpc) is 3.16. The van der Waals surface area contributed by atoms with Gasteiger partial charge in [0.2, 0.25) is 0 Å². The van der Waals surface area contributed by atoms with Gasteiger partial charge in [-0.2, -0.15) is 5.26 Å². The van der Waals surface area contributed by atoms with Crippen molar-refractivity contribution in [1.29, 1.82) is 5.26 Å². The lowest BCUT2D eigenvalue weighted by molar-refractivity contribution is 0.242. The topological polar surface area (TPSA) is 81.8 Å². The van der Waals surface area contributed by atoms with Crippen molar-refractivity contribution >= 4 is 10.8 Å². The summed E-state index contributed by atoms with van der Waals surface area (Å²) in [5.41, 5.74) is 8.96. The van der Waals surface area contributed by atoms with E-state index in [1.165, 1.54) is 10.9 Å². The number of fused-ring (bicyclic) bond motifs is 1. The average molecular weight is 652 g/mol. The quantitative estimate of drug-likeness (QED) is 0.124. The first kappa shape index (κ1) is 32.5. The van der Waals surface area contributed by atoms with E-state index < -0.39 is 0 Å². The number of hydrogen-bond donors (Lipinski definition) is 0. The Balaban J connectivity index is 1.20. The molecule has 7 rings (SSSR count). The van der Waals surface area contributed by atoms with Gasteiger partial charge in [-0.25, -0.2) is 0 Å². The molecule has 0 aliphatic rings. The molecule has 244 valence electrons. The molecule has 0 saturated carbocycles. The Bertz CT molecular complexity index is 2100. The molecule has 7 heteroatoms. The fourth-order valence-corrected chi connectivity index (χ4v) is 6.39. The molecule has 0 radical (unpaired) electrons. The third-order valence-electron chi connectivity index (χ3n) is 8.74. The van der Waals surface area contributed by atoms with Gasteiger partial charge in [0.05, 0.1) is 34.4 Å². The molecule has 3 aromatic carbocycles. The Labute approximate surface area is 293 Å². The maximum atomic E-state index is 10.2. The molecule has 0 fully saturated rings. The summed E-state index contributed by atoms with van der Waals surface area (Å²) in [7, 11) is 0. The van der Waals surface area contributed by atoms with Crippen molar-refractivity contribution < 1.29 is 0 Å². The molecule has 4 aromatic heterocycles. The fraction of sp³-hybridized carbons (Fsp3) is 0.140. The Morgan fingerprint density at radius 2 is 1.02 bits per heavy atom. The minimum Gasteiger partial charge on any atom is -0.287 e. The Kier molecular flexibility index (Phi) is 10.3. The fourth-order valence-electron chi connectivity index (χ4n) is 6.39. The van der Waals surface area contributed by atoms with Crippen molar-refractivity contribution in [1.82, 2.24) is 29.7 Å². The normalized spacial score (nSPS) is 11.2. The predicted molar refractivity (Wildman–Crippen MR) is 197 cm³/mol. The highest BCUT2D eigenvalue weighted by molar-refractivity contribution is 5.90. The lowest BCUT2D eigenvalue weighted by atomic mass is 9.94. The zero-order valence-electron chi connectivity index (χ0n) is 27.8. The van der Waals surface area contributed by atoms with Crippen LogP contribution in [0, 0.1) is 11.3 Å². The van der Waals surface area contributed by atoms with Gasteiger partial charge in [0, 0.05) is 64.1 Å². The molecule has 7 nitrogen and oxygen atoms in total. The van der Waals surface area contributed by atoms with Gasteiger partial charge in [-0.3, -0.25) is 29.7 Å². The summed E-state index contributed by atoms with van der Waals surface area (Å²) < 4.78 is 0. The van der Waals surface area contributed by atoms with Gasteiger partial charge in [-0.05, 0) is 99.8 Å². The van der Waals surface area contributed by atoms with Crippen molar-refractivity contribution in [3.05, 3.63) is 192 Å². The van der Waals surface area contributed by atoms with E-state index in [9.17, 15) is 5.26 Å². The van der Waals surface area contributed by atoms with E-state index in [2.05, 4.69) is 109 Å². The van der Waals surface area contributed by atoms with E-state index in [1.807, 2.05) is 79.4 Å². The van der Waals surface area contributed by atoms with Gasteiger partial charge in [0.25, 0.3) is 0 Å². The highest BCUT2D eigenvalue weighted by Crippen LogP contribution is 2.31. The molecule has 0 N–H and O–H groups in total. The van der Waals surface area contributed by atoms with Gasteiger partial charge in [-0.1, -0.05) is 60.7 Å². The monoisotopic (exact) mass is 651 g/mol. The van der Waals surface area contributed by atoms with E-state index in [0.29, 0.717) is 38.3 Å². The molecule has 0 aliphatic carbocycles.